The van der Waals surface area contributed by atoms with Gasteiger partial charge >= 0.3 is 0 Å². The Kier molecular flexibility index (Phi) is 5.68. The van der Waals surface area contributed by atoms with Crippen molar-refractivity contribution in [2.45, 2.75) is 38.8 Å². The molecule has 0 spiro atoms. The number of aryl methyl sites for hydroxylation is 1. The number of nitrogens with one attached hydrogen (secondary N) is 1. The van der Waals surface area contributed by atoms with Crippen LogP contribution in [0.1, 0.15) is 25.3 Å². The Labute approximate surface area is 121 Å². The molecule has 1 aliphatic rings. The molecule has 1 N–H and O–H groups in total. The van der Waals surface area contributed by atoms with Crippen molar-refractivity contribution in [3.8, 4) is 11.5 Å². The fraction of sp³-hybridized carbons (Fsp3) is 0.625. The highest BCUT2D eigenvalue weighted by Crippen LogP contribution is 2.30. The molecule has 0 radical (unpaired) electrons. The van der Waals surface area contributed by atoms with Crippen molar-refractivity contribution < 1.29 is 14.2 Å². The molecule has 2 rings (SSSR count). The Bertz CT molecular complexity index is 422. The van der Waals surface area contributed by atoms with Crippen molar-refractivity contribution in [2.75, 3.05) is 26.9 Å². The fourth-order valence-corrected chi connectivity index (χ4v) is 2.43. The number of hydrogen-bond donors (Lipinski definition) is 1. The Morgan fingerprint density at radius 1 is 1.35 bits per heavy atom. The first kappa shape index (κ1) is 15.1. The molecule has 1 fully saturated rings. The highest BCUT2D eigenvalue weighted by Gasteiger charge is 2.27. The fourth-order valence-electron chi connectivity index (χ4n) is 2.43. The van der Waals surface area contributed by atoms with Crippen LogP contribution in [0.2, 0.25) is 0 Å². The summed E-state index contributed by atoms with van der Waals surface area (Å²) >= 11 is 0. The van der Waals surface area contributed by atoms with E-state index in [2.05, 4.69) is 12.2 Å². The van der Waals surface area contributed by atoms with E-state index in [1.165, 1.54) is 0 Å². The quantitative estimate of drug-likeness (QED) is 0.868. The summed E-state index contributed by atoms with van der Waals surface area (Å²) in [6.07, 6.45) is 2.14. The van der Waals surface area contributed by atoms with Crippen LogP contribution in [0.5, 0.6) is 11.5 Å². The number of hydrogen-bond acceptors (Lipinski definition) is 4. The Morgan fingerprint density at radius 2 is 2.20 bits per heavy atom. The number of methoxy groups -OCH3 is 1. The molecule has 112 valence electrons. The number of rotatable bonds is 6. The minimum Gasteiger partial charge on any atom is -0.493 e. The van der Waals surface area contributed by atoms with E-state index in [1.807, 2.05) is 25.1 Å². The van der Waals surface area contributed by atoms with Gasteiger partial charge in [0, 0.05) is 12.6 Å². The molecule has 0 aliphatic carbocycles. The third-order valence-electron chi connectivity index (χ3n) is 3.56. The highest BCUT2D eigenvalue weighted by molar-refractivity contribution is 5.42. The van der Waals surface area contributed by atoms with E-state index in [4.69, 9.17) is 14.2 Å². The summed E-state index contributed by atoms with van der Waals surface area (Å²) in [5.74, 6) is 1.57. The minimum atomic E-state index is 0.0342. The van der Waals surface area contributed by atoms with Gasteiger partial charge in [0.05, 0.1) is 13.7 Å². The van der Waals surface area contributed by atoms with Gasteiger partial charge in [-0.05, 0) is 44.0 Å². The van der Waals surface area contributed by atoms with Gasteiger partial charge in [0.15, 0.2) is 11.5 Å². The largest absolute Gasteiger partial charge is 0.493 e. The lowest BCUT2D eigenvalue weighted by Crippen LogP contribution is -2.49. The van der Waals surface area contributed by atoms with Gasteiger partial charge < -0.3 is 19.5 Å². The first-order valence-corrected chi connectivity index (χ1v) is 7.37. The summed E-state index contributed by atoms with van der Waals surface area (Å²) < 4.78 is 17.1. The summed E-state index contributed by atoms with van der Waals surface area (Å²) in [5, 5.41) is 3.54. The van der Waals surface area contributed by atoms with Gasteiger partial charge in [-0.3, -0.25) is 0 Å². The monoisotopic (exact) mass is 279 g/mol. The van der Waals surface area contributed by atoms with Crippen molar-refractivity contribution >= 4 is 0 Å². The van der Waals surface area contributed by atoms with Crippen LogP contribution in [0.3, 0.4) is 0 Å². The maximum Gasteiger partial charge on any atom is 0.161 e. The molecule has 2 atom stereocenters. The lowest BCUT2D eigenvalue weighted by Gasteiger charge is -2.32. The molecule has 0 saturated carbocycles. The van der Waals surface area contributed by atoms with E-state index in [0.717, 1.165) is 43.1 Å². The number of benzene rings is 1. The Balaban J connectivity index is 2.06. The van der Waals surface area contributed by atoms with E-state index in [-0.39, 0.29) is 6.10 Å². The number of ether oxygens (including phenoxy) is 3. The molecule has 0 aromatic heterocycles. The normalized spacial score (nSPS) is 22.6. The summed E-state index contributed by atoms with van der Waals surface area (Å²) in [6, 6.07) is 6.35. The minimum absolute atomic E-state index is 0.0342. The first-order valence-electron chi connectivity index (χ1n) is 7.37. The van der Waals surface area contributed by atoms with Crippen LogP contribution in [0.25, 0.3) is 0 Å². The van der Waals surface area contributed by atoms with Crippen molar-refractivity contribution in [1.82, 2.24) is 5.32 Å². The molecule has 4 heteroatoms. The van der Waals surface area contributed by atoms with Gasteiger partial charge in [-0.1, -0.05) is 13.0 Å². The second-order valence-electron chi connectivity index (χ2n) is 5.23. The van der Waals surface area contributed by atoms with Crippen molar-refractivity contribution in [3.05, 3.63) is 23.8 Å². The smallest absolute Gasteiger partial charge is 0.161 e. The Hall–Kier alpha value is -1.26. The molecule has 1 aromatic carbocycles. The van der Waals surface area contributed by atoms with Crippen LogP contribution >= 0.6 is 0 Å². The molecule has 4 nitrogen and oxygen atoms in total. The van der Waals surface area contributed by atoms with Crippen LogP contribution in [-0.4, -0.2) is 39.0 Å². The second kappa shape index (κ2) is 7.50. The Morgan fingerprint density at radius 3 is 2.95 bits per heavy atom. The zero-order valence-electron chi connectivity index (χ0n) is 12.6. The molecule has 2 unspecified atom stereocenters. The lowest BCUT2D eigenvalue weighted by molar-refractivity contribution is -0.0155. The van der Waals surface area contributed by atoms with Crippen LogP contribution in [-0.2, 0) is 4.74 Å². The molecule has 0 amide bonds. The average molecular weight is 279 g/mol. The van der Waals surface area contributed by atoms with Gasteiger partial charge in [-0.25, -0.2) is 0 Å². The van der Waals surface area contributed by atoms with Gasteiger partial charge in [-0.15, -0.1) is 0 Å². The highest BCUT2D eigenvalue weighted by atomic mass is 16.6. The molecule has 1 heterocycles. The van der Waals surface area contributed by atoms with Gasteiger partial charge in [-0.2, -0.15) is 0 Å². The van der Waals surface area contributed by atoms with Crippen LogP contribution in [0.15, 0.2) is 18.2 Å². The topological polar surface area (TPSA) is 39.7 Å². The van der Waals surface area contributed by atoms with Crippen molar-refractivity contribution in [2.24, 2.45) is 0 Å². The summed E-state index contributed by atoms with van der Waals surface area (Å²) in [5.41, 5.74) is 1.16. The maximum absolute atomic E-state index is 6.13. The van der Waals surface area contributed by atoms with E-state index in [0.29, 0.717) is 12.6 Å². The summed E-state index contributed by atoms with van der Waals surface area (Å²) in [7, 11) is 1.67. The van der Waals surface area contributed by atoms with E-state index in [1.54, 1.807) is 7.11 Å². The molecular formula is C16H25NO3. The summed E-state index contributed by atoms with van der Waals surface area (Å²) in [6.45, 7) is 6.65. The third-order valence-corrected chi connectivity index (χ3v) is 3.56. The van der Waals surface area contributed by atoms with Crippen LogP contribution in [0.4, 0.5) is 0 Å². The van der Waals surface area contributed by atoms with Gasteiger partial charge in [0.1, 0.15) is 6.10 Å². The van der Waals surface area contributed by atoms with E-state index in [9.17, 15) is 0 Å². The SMILES string of the molecule is CCCNC1CCOCC1Oc1ccc(C)cc1OC. The predicted octanol–water partition coefficient (Wildman–Crippen LogP) is 2.54. The molecule has 1 aromatic rings. The zero-order chi connectivity index (χ0) is 14.4. The summed E-state index contributed by atoms with van der Waals surface area (Å²) in [4.78, 5) is 0. The molecule has 20 heavy (non-hydrogen) atoms. The van der Waals surface area contributed by atoms with Gasteiger partial charge in [0.25, 0.3) is 0 Å². The van der Waals surface area contributed by atoms with E-state index >= 15 is 0 Å². The first-order chi connectivity index (χ1) is 9.74. The maximum atomic E-state index is 6.13. The molecule has 1 saturated heterocycles. The molecular weight excluding hydrogens is 254 g/mol. The standard InChI is InChI=1S/C16H25NO3/c1-4-8-17-13-7-9-19-11-16(13)20-14-6-5-12(2)10-15(14)18-3/h5-6,10,13,16-17H,4,7-9,11H2,1-3H3. The third kappa shape index (κ3) is 3.87. The van der Waals surface area contributed by atoms with Crippen molar-refractivity contribution in [3.63, 3.8) is 0 Å². The average Bonchev–Trinajstić information content (AvgIpc) is 2.48. The molecule has 0 bridgehead atoms. The second-order valence-corrected chi connectivity index (χ2v) is 5.23. The van der Waals surface area contributed by atoms with Crippen LogP contribution < -0.4 is 14.8 Å². The van der Waals surface area contributed by atoms with Crippen molar-refractivity contribution in [1.29, 1.82) is 0 Å². The zero-order valence-corrected chi connectivity index (χ0v) is 12.6. The van der Waals surface area contributed by atoms with E-state index < -0.39 is 0 Å². The predicted molar refractivity (Wildman–Crippen MR) is 79.7 cm³/mol. The van der Waals surface area contributed by atoms with Crippen LogP contribution in [0, 0.1) is 6.92 Å². The lowest BCUT2D eigenvalue weighted by atomic mass is 10.1. The molecule has 1 aliphatic heterocycles. The van der Waals surface area contributed by atoms with Gasteiger partial charge in [0.2, 0.25) is 0 Å².